The lowest BCUT2D eigenvalue weighted by Gasteiger charge is -2.07. The first-order valence-corrected chi connectivity index (χ1v) is 7.73. The molecule has 4 heteroatoms. The molecule has 1 rings (SSSR count). The van der Waals surface area contributed by atoms with Crippen LogP contribution in [0.5, 0.6) is 0 Å². The highest BCUT2D eigenvalue weighted by Gasteiger charge is 2.17. The third kappa shape index (κ3) is 4.34. The third-order valence-electron chi connectivity index (χ3n) is 2.77. The highest BCUT2D eigenvalue weighted by atomic mass is 32.1. The van der Waals surface area contributed by atoms with E-state index in [4.69, 9.17) is 9.72 Å². The fourth-order valence-corrected chi connectivity index (χ4v) is 3.02. The number of ether oxygens (including phenoxy) is 1. The van der Waals surface area contributed by atoms with Crippen molar-refractivity contribution in [3.05, 3.63) is 15.6 Å². The molecule has 1 N–H and O–H groups in total. The van der Waals surface area contributed by atoms with Gasteiger partial charge in [-0.25, -0.2) is 4.98 Å². The predicted octanol–water partition coefficient (Wildman–Crippen LogP) is 3.86. The smallest absolute Gasteiger partial charge is 0.122 e. The molecule has 0 saturated carbocycles. The van der Waals surface area contributed by atoms with E-state index in [-0.39, 0.29) is 6.10 Å². The number of hydrogen-bond donors (Lipinski definition) is 1. The molecule has 0 amide bonds. The lowest BCUT2D eigenvalue weighted by molar-refractivity contribution is 0.0761. The second-order valence-electron chi connectivity index (χ2n) is 4.79. The van der Waals surface area contributed by atoms with Gasteiger partial charge in [0.05, 0.1) is 5.69 Å². The van der Waals surface area contributed by atoms with Gasteiger partial charge in [-0.2, -0.15) is 0 Å². The minimum atomic E-state index is 0.109. The highest BCUT2D eigenvalue weighted by molar-refractivity contribution is 7.11. The molecule has 0 aromatic carbocycles. The van der Waals surface area contributed by atoms with E-state index in [1.54, 1.807) is 11.3 Å². The van der Waals surface area contributed by atoms with Crippen LogP contribution >= 0.6 is 11.3 Å². The number of hydrogen-bond acceptors (Lipinski definition) is 4. The van der Waals surface area contributed by atoms with Crippen LogP contribution in [0.15, 0.2) is 0 Å². The molecule has 0 aliphatic heterocycles. The molecule has 0 bridgehead atoms. The number of nitrogens with zero attached hydrogens (tertiary/aromatic N) is 1. The average molecular weight is 270 g/mol. The van der Waals surface area contributed by atoms with E-state index in [1.807, 2.05) is 6.92 Å². The second-order valence-corrected chi connectivity index (χ2v) is 5.90. The van der Waals surface area contributed by atoms with Crippen LogP contribution < -0.4 is 5.32 Å². The van der Waals surface area contributed by atoms with E-state index in [0.29, 0.717) is 5.92 Å². The fraction of sp³-hybridized carbons (Fsp3) is 0.786. The second kappa shape index (κ2) is 7.87. The van der Waals surface area contributed by atoms with E-state index in [0.717, 1.165) is 31.1 Å². The maximum atomic E-state index is 5.63. The summed E-state index contributed by atoms with van der Waals surface area (Å²) in [5.74, 6) is 0.474. The highest BCUT2D eigenvalue weighted by Crippen LogP contribution is 2.29. The fourth-order valence-electron chi connectivity index (χ4n) is 1.83. The summed E-state index contributed by atoms with van der Waals surface area (Å²) >= 11 is 1.79. The van der Waals surface area contributed by atoms with Gasteiger partial charge in [0, 0.05) is 18.0 Å². The monoisotopic (exact) mass is 270 g/mol. The normalized spacial score (nSPS) is 13.2. The molecule has 18 heavy (non-hydrogen) atoms. The maximum absolute atomic E-state index is 5.63. The Hall–Kier alpha value is -0.450. The molecule has 0 saturated heterocycles. The molecule has 104 valence electrons. The van der Waals surface area contributed by atoms with Crippen molar-refractivity contribution in [2.24, 2.45) is 0 Å². The van der Waals surface area contributed by atoms with Crippen LogP contribution in [0, 0.1) is 0 Å². The first-order chi connectivity index (χ1) is 8.60. The van der Waals surface area contributed by atoms with Crippen LogP contribution in [0.1, 0.15) is 68.6 Å². The Balaban J connectivity index is 2.79. The van der Waals surface area contributed by atoms with Crippen LogP contribution in [-0.2, 0) is 11.3 Å². The van der Waals surface area contributed by atoms with E-state index in [9.17, 15) is 0 Å². The third-order valence-corrected chi connectivity index (χ3v) is 4.00. The molecule has 1 unspecified atom stereocenters. The van der Waals surface area contributed by atoms with Gasteiger partial charge in [0.25, 0.3) is 0 Å². The van der Waals surface area contributed by atoms with Crippen molar-refractivity contribution < 1.29 is 4.74 Å². The van der Waals surface area contributed by atoms with Crippen molar-refractivity contribution in [3.63, 3.8) is 0 Å². The molecule has 1 atom stereocenters. The minimum Gasteiger partial charge on any atom is -0.372 e. The van der Waals surface area contributed by atoms with Gasteiger partial charge in [0.1, 0.15) is 11.1 Å². The van der Waals surface area contributed by atoms with E-state index < -0.39 is 0 Å². The maximum Gasteiger partial charge on any atom is 0.122 e. The summed E-state index contributed by atoms with van der Waals surface area (Å²) in [6.45, 7) is 13.4. The van der Waals surface area contributed by atoms with Crippen LogP contribution in [0.2, 0.25) is 0 Å². The molecule has 0 aliphatic rings. The van der Waals surface area contributed by atoms with Crippen molar-refractivity contribution in [2.75, 3.05) is 13.2 Å². The zero-order valence-electron chi connectivity index (χ0n) is 12.2. The predicted molar refractivity (Wildman–Crippen MR) is 78.2 cm³/mol. The van der Waals surface area contributed by atoms with Gasteiger partial charge in [-0.1, -0.05) is 20.8 Å². The standard InChI is InChI=1S/C14H26N2OS/c1-6-8-15-9-12-13(10(3)4)16-14(18-12)11(5)17-7-2/h10-11,15H,6-9H2,1-5H3. The van der Waals surface area contributed by atoms with Gasteiger partial charge >= 0.3 is 0 Å². The Morgan fingerprint density at radius 2 is 2.00 bits per heavy atom. The Kier molecular flexibility index (Phi) is 6.82. The van der Waals surface area contributed by atoms with Gasteiger partial charge in [-0.15, -0.1) is 11.3 Å². The van der Waals surface area contributed by atoms with Gasteiger partial charge in [-0.05, 0) is 32.7 Å². The summed E-state index contributed by atoms with van der Waals surface area (Å²) in [7, 11) is 0. The SMILES string of the molecule is CCCNCc1sc(C(C)OCC)nc1C(C)C. The molecule has 0 fully saturated rings. The number of aromatic nitrogens is 1. The van der Waals surface area contributed by atoms with Crippen LogP contribution in [0.25, 0.3) is 0 Å². The van der Waals surface area contributed by atoms with Crippen molar-refractivity contribution in [3.8, 4) is 0 Å². The molecular formula is C14H26N2OS. The summed E-state index contributed by atoms with van der Waals surface area (Å²) < 4.78 is 5.63. The Morgan fingerprint density at radius 3 is 2.56 bits per heavy atom. The topological polar surface area (TPSA) is 34.1 Å². The van der Waals surface area contributed by atoms with Crippen molar-refractivity contribution >= 4 is 11.3 Å². The first kappa shape index (κ1) is 15.6. The van der Waals surface area contributed by atoms with Gasteiger partial charge in [0.15, 0.2) is 0 Å². The van der Waals surface area contributed by atoms with Gasteiger partial charge < -0.3 is 10.1 Å². The zero-order valence-corrected chi connectivity index (χ0v) is 13.1. The molecule has 0 radical (unpaired) electrons. The Labute approximate surface area is 115 Å². The largest absolute Gasteiger partial charge is 0.372 e. The summed E-state index contributed by atoms with van der Waals surface area (Å²) in [6.07, 6.45) is 1.27. The quantitative estimate of drug-likeness (QED) is 0.728. The van der Waals surface area contributed by atoms with Crippen LogP contribution in [0.3, 0.4) is 0 Å². The van der Waals surface area contributed by atoms with E-state index >= 15 is 0 Å². The van der Waals surface area contributed by atoms with Gasteiger partial charge in [-0.3, -0.25) is 0 Å². The first-order valence-electron chi connectivity index (χ1n) is 6.91. The number of rotatable bonds is 8. The molecular weight excluding hydrogens is 244 g/mol. The number of thiazole rings is 1. The Morgan fingerprint density at radius 1 is 1.28 bits per heavy atom. The summed E-state index contributed by atoms with van der Waals surface area (Å²) in [4.78, 5) is 6.12. The summed E-state index contributed by atoms with van der Waals surface area (Å²) in [5, 5.41) is 4.57. The van der Waals surface area contributed by atoms with Crippen molar-refractivity contribution in [1.29, 1.82) is 0 Å². The van der Waals surface area contributed by atoms with Crippen molar-refractivity contribution in [2.45, 2.75) is 59.6 Å². The Bertz CT molecular complexity index is 350. The summed E-state index contributed by atoms with van der Waals surface area (Å²) in [5.41, 5.74) is 1.23. The van der Waals surface area contributed by atoms with Crippen molar-refractivity contribution in [1.82, 2.24) is 10.3 Å². The average Bonchev–Trinajstić information content (AvgIpc) is 2.74. The molecule has 0 aliphatic carbocycles. The molecule has 1 aromatic heterocycles. The van der Waals surface area contributed by atoms with Gasteiger partial charge in [0.2, 0.25) is 0 Å². The molecule has 1 aromatic rings. The molecule has 3 nitrogen and oxygen atoms in total. The van der Waals surface area contributed by atoms with E-state index in [1.165, 1.54) is 10.6 Å². The zero-order chi connectivity index (χ0) is 13.5. The van der Waals surface area contributed by atoms with Crippen LogP contribution in [0.4, 0.5) is 0 Å². The van der Waals surface area contributed by atoms with E-state index in [2.05, 4.69) is 33.0 Å². The van der Waals surface area contributed by atoms with Crippen LogP contribution in [-0.4, -0.2) is 18.1 Å². The summed E-state index contributed by atoms with van der Waals surface area (Å²) in [6, 6.07) is 0. The minimum absolute atomic E-state index is 0.109. The molecule has 1 heterocycles. The molecule has 0 spiro atoms. The lowest BCUT2D eigenvalue weighted by Crippen LogP contribution is -2.14. The number of nitrogens with one attached hydrogen (secondary N) is 1. The lowest BCUT2D eigenvalue weighted by atomic mass is 10.1.